The molecule has 0 aliphatic rings. The summed E-state index contributed by atoms with van der Waals surface area (Å²) >= 11 is 0. The molecule has 178 valence electrons. The number of methoxy groups -OCH3 is 2. The first-order valence-corrected chi connectivity index (χ1v) is 11.5. The number of rotatable bonds is 14. The number of aromatic nitrogens is 2. The summed E-state index contributed by atoms with van der Waals surface area (Å²) < 4.78 is 10.9. The molecule has 7 nitrogen and oxygen atoms in total. The molecular formula is C25H40N4O3. The van der Waals surface area contributed by atoms with Gasteiger partial charge in [-0.2, -0.15) is 0 Å². The maximum atomic E-state index is 9.46. The van der Waals surface area contributed by atoms with Gasteiger partial charge in [-0.3, -0.25) is 4.90 Å². The van der Waals surface area contributed by atoms with Gasteiger partial charge < -0.3 is 19.9 Å². The minimum atomic E-state index is 0.157. The van der Waals surface area contributed by atoms with E-state index in [2.05, 4.69) is 47.4 Å². The van der Waals surface area contributed by atoms with Gasteiger partial charge in [0.1, 0.15) is 17.4 Å². The molecule has 1 atom stereocenters. The lowest BCUT2D eigenvalue weighted by atomic mass is 10.0. The highest BCUT2D eigenvalue weighted by molar-refractivity contribution is 5.52. The Morgan fingerprint density at radius 1 is 1.16 bits per heavy atom. The summed E-state index contributed by atoms with van der Waals surface area (Å²) in [5.41, 5.74) is 4.33. The molecule has 1 aromatic carbocycles. The number of likely N-dealkylation sites (N-methyl/N-ethyl adjacent to an activating group) is 1. The van der Waals surface area contributed by atoms with Gasteiger partial charge in [0.15, 0.2) is 0 Å². The van der Waals surface area contributed by atoms with Crippen LogP contribution >= 0.6 is 0 Å². The highest BCUT2D eigenvalue weighted by Gasteiger charge is 2.17. The fourth-order valence-electron chi connectivity index (χ4n) is 3.91. The summed E-state index contributed by atoms with van der Waals surface area (Å²) in [5.74, 6) is 2.47. The largest absolute Gasteiger partial charge is 0.496 e. The third-order valence-corrected chi connectivity index (χ3v) is 5.63. The molecule has 2 N–H and O–H groups in total. The number of aliphatic hydroxyl groups excluding tert-OH is 1. The van der Waals surface area contributed by atoms with E-state index >= 15 is 0 Å². The zero-order chi connectivity index (χ0) is 23.5. The van der Waals surface area contributed by atoms with E-state index in [1.54, 1.807) is 14.2 Å². The molecule has 0 aliphatic carbocycles. The molecule has 1 aromatic heterocycles. The van der Waals surface area contributed by atoms with Crippen molar-refractivity contribution in [2.24, 2.45) is 0 Å². The molecule has 0 aliphatic heterocycles. The Labute approximate surface area is 193 Å². The minimum Gasteiger partial charge on any atom is -0.496 e. The van der Waals surface area contributed by atoms with Gasteiger partial charge in [0.05, 0.1) is 13.7 Å². The molecule has 0 saturated carbocycles. The molecule has 7 heteroatoms. The molecular weight excluding hydrogens is 404 g/mol. The van der Waals surface area contributed by atoms with Crippen LogP contribution in [0.2, 0.25) is 0 Å². The van der Waals surface area contributed by atoms with Gasteiger partial charge >= 0.3 is 0 Å². The van der Waals surface area contributed by atoms with E-state index in [0.29, 0.717) is 19.4 Å². The van der Waals surface area contributed by atoms with Gasteiger partial charge in [-0.05, 0) is 50.9 Å². The molecule has 0 radical (unpaired) electrons. The summed E-state index contributed by atoms with van der Waals surface area (Å²) in [6.45, 7) is 8.68. The van der Waals surface area contributed by atoms with Gasteiger partial charge in [0, 0.05) is 50.5 Å². The van der Waals surface area contributed by atoms with Gasteiger partial charge in [0.25, 0.3) is 0 Å². The summed E-state index contributed by atoms with van der Waals surface area (Å²) in [5, 5.41) is 13.0. The molecule has 0 saturated heterocycles. The first-order chi connectivity index (χ1) is 15.4. The predicted octanol–water partition coefficient (Wildman–Crippen LogP) is 3.73. The quantitative estimate of drug-likeness (QED) is 0.459. The van der Waals surface area contributed by atoms with Crippen molar-refractivity contribution in [2.75, 3.05) is 46.3 Å². The van der Waals surface area contributed by atoms with Crippen LogP contribution < -0.4 is 10.1 Å². The minimum absolute atomic E-state index is 0.157. The van der Waals surface area contributed by atoms with Crippen LogP contribution in [0.15, 0.2) is 18.2 Å². The van der Waals surface area contributed by atoms with E-state index in [1.165, 1.54) is 5.56 Å². The van der Waals surface area contributed by atoms with Crippen LogP contribution in [0.3, 0.4) is 0 Å². The molecule has 0 unspecified atom stereocenters. The Morgan fingerprint density at radius 3 is 2.59 bits per heavy atom. The van der Waals surface area contributed by atoms with Crippen LogP contribution in [0, 0.1) is 13.8 Å². The molecule has 2 aromatic rings. The zero-order valence-corrected chi connectivity index (χ0v) is 20.6. The Balaban J connectivity index is 2.29. The summed E-state index contributed by atoms with van der Waals surface area (Å²) in [6.07, 6.45) is 3.40. The maximum absolute atomic E-state index is 9.46. The molecule has 0 fully saturated rings. The summed E-state index contributed by atoms with van der Waals surface area (Å²) in [7, 11) is 5.52. The lowest BCUT2D eigenvalue weighted by Crippen LogP contribution is -2.23. The van der Waals surface area contributed by atoms with Crippen molar-refractivity contribution in [3.05, 3.63) is 46.4 Å². The van der Waals surface area contributed by atoms with Crippen molar-refractivity contribution in [3.63, 3.8) is 0 Å². The Hall–Kier alpha value is -2.22. The number of nitrogens with one attached hydrogen (secondary N) is 1. The highest BCUT2D eigenvalue weighted by atomic mass is 16.5. The van der Waals surface area contributed by atoms with Crippen LogP contribution in [-0.4, -0.2) is 67.0 Å². The molecule has 32 heavy (non-hydrogen) atoms. The van der Waals surface area contributed by atoms with Crippen molar-refractivity contribution >= 4 is 5.82 Å². The van der Waals surface area contributed by atoms with Gasteiger partial charge in [-0.1, -0.05) is 25.5 Å². The first kappa shape index (κ1) is 26.0. The van der Waals surface area contributed by atoms with Crippen molar-refractivity contribution < 1.29 is 14.6 Å². The number of ether oxygens (including phenoxy) is 2. The molecule has 0 amide bonds. The number of anilines is 1. The second kappa shape index (κ2) is 13.4. The first-order valence-electron chi connectivity index (χ1n) is 11.5. The van der Waals surface area contributed by atoms with E-state index in [1.807, 2.05) is 13.8 Å². The summed E-state index contributed by atoms with van der Waals surface area (Å²) in [6, 6.07) is 6.59. The van der Waals surface area contributed by atoms with Crippen LogP contribution in [-0.2, 0) is 17.7 Å². The SMILES string of the molecule is CCC[C@@H](CCO)Nc1nc(C)nc(C)c1Cc1ccc(CN(C)CCOC)cc1OC. The number of nitrogens with zero attached hydrogens (tertiary/aromatic N) is 3. The summed E-state index contributed by atoms with van der Waals surface area (Å²) in [4.78, 5) is 11.6. The average molecular weight is 445 g/mol. The van der Waals surface area contributed by atoms with Crippen molar-refractivity contribution in [3.8, 4) is 5.75 Å². The Kier molecular flexibility index (Phi) is 10.9. The third kappa shape index (κ3) is 7.73. The van der Waals surface area contributed by atoms with E-state index < -0.39 is 0 Å². The van der Waals surface area contributed by atoms with Crippen LogP contribution in [0.5, 0.6) is 5.75 Å². The van der Waals surface area contributed by atoms with Crippen LogP contribution in [0.4, 0.5) is 5.82 Å². The normalized spacial score (nSPS) is 12.2. The maximum Gasteiger partial charge on any atom is 0.133 e. The van der Waals surface area contributed by atoms with E-state index in [-0.39, 0.29) is 12.6 Å². The van der Waals surface area contributed by atoms with E-state index in [4.69, 9.17) is 14.5 Å². The number of hydrogen-bond donors (Lipinski definition) is 2. The van der Waals surface area contributed by atoms with Gasteiger partial charge in [-0.15, -0.1) is 0 Å². The van der Waals surface area contributed by atoms with Gasteiger partial charge in [0.2, 0.25) is 0 Å². The highest BCUT2D eigenvalue weighted by Crippen LogP contribution is 2.28. The second-order valence-electron chi connectivity index (χ2n) is 8.38. The molecule has 2 rings (SSSR count). The molecule has 1 heterocycles. The van der Waals surface area contributed by atoms with Crippen LogP contribution in [0.25, 0.3) is 0 Å². The van der Waals surface area contributed by atoms with Crippen molar-refractivity contribution in [1.29, 1.82) is 0 Å². The standard InChI is InChI=1S/C25H40N4O3/c1-7-8-22(11-13-30)28-25-23(18(2)26-19(3)27-25)16-21-10-9-20(15-24(21)32-6)17-29(4)12-14-31-5/h9-10,15,22,30H,7-8,11-14,16-17H2,1-6H3,(H,26,27,28)/t22-/m0/s1. The van der Waals surface area contributed by atoms with E-state index in [0.717, 1.165) is 60.1 Å². The second-order valence-corrected chi connectivity index (χ2v) is 8.38. The topological polar surface area (TPSA) is 79.7 Å². The average Bonchev–Trinajstić information content (AvgIpc) is 2.75. The predicted molar refractivity (Wildman–Crippen MR) is 130 cm³/mol. The number of hydrogen-bond acceptors (Lipinski definition) is 7. The van der Waals surface area contributed by atoms with Crippen molar-refractivity contribution in [1.82, 2.24) is 14.9 Å². The van der Waals surface area contributed by atoms with Crippen molar-refractivity contribution in [2.45, 2.75) is 59.0 Å². The lowest BCUT2D eigenvalue weighted by Gasteiger charge is -2.22. The molecule has 0 bridgehead atoms. The smallest absolute Gasteiger partial charge is 0.133 e. The number of benzene rings is 1. The fraction of sp³-hybridized carbons (Fsp3) is 0.600. The Bertz CT molecular complexity index is 838. The number of aliphatic hydroxyl groups is 1. The number of aryl methyl sites for hydroxylation is 2. The Morgan fingerprint density at radius 2 is 1.94 bits per heavy atom. The monoisotopic (exact) mass is 444 g/mol. The van der Waals surface area contributed by atoms with Crippen LogP contribution in [0.1, 0.15) is 54.4 Å². The zero-order valence-electron chi connectivity index (χ0n) is 20.6. The lowest BCUT2D eigenvalue weighted by molar-refractivity contribution is 0.158. The van der Waals surface area contributed by atoms with E-state index in [9.17, 15) is 5.11 Å². The third-order valence-electron chi connectivity index (χ3n) is 5.63. The molecule has 0 spiro atoms. The van der Waals surface area contributed by atoms with Gasteiger partial charge in [-0.25, -0.2) is 9.97 Å². The fourth-order valence-corrected chi connectivity index (χ4v) is 3.91.